The predicted molar refractivity (Wildman–Crippen MR) is 122 cm³/mol. The van der Waals surface area contributed by atoms with E-state index in [9.17, 15) is 8.42 Å². The van der Waals surface area contributed by atoms with E-state index in [4.69, 9.17) is 16.3 Å². The Morgan fingerprint density at radius 2 is 1.81 bits per heavy atom. The van der Waals surface area contributed by atoms with E-state index >= 15 is 0 Å². The second-order valence-electron chi connectivity index (χ2n) is 8.46. The molecule has 2 aliphatic heterocycles. The Morgan fingerprint density at radius 3 is 2.39 bits per heavy atom. The Labute approximate surface area is 189 Å². The van der Waals surface area contributed by atoms with Crippen LogP contribution in [0.25, 0.3) is 0 Å². The smallest absolute Gasteiger partial charge is 0.225 e. The first-order chi connectivity index (χ1) is 14.8. The van der Waals surface area contributed by atoms with Crippen LogP contribution < -0.4 is 9.64 Å². The van der Waals surface area contributed by atoms with Crippen LogP contribution in [-0.4, -0.2) is 61.2 Å². The van der Waals surface area contributed by atoms with Crippen LogP contribution in [-0.2, 0) is 22.9 Å². The van der Waals surface area contributed by atoms with E-state index in [0.29, 0.717) is 29.8 Å². The maximum atomic E-state index is 11.5. The van der Waals surface area contributed by atoms with Crippen molar-refractivity contribution in [3.63, 3.8) is 0 Å². The maximum Gasteiger partial charge on any atom is 0.225 e. The molecule has 1 aromatic carbocycles. The normalized spacial score (nSPS) is 18.7. The van der Waals surface area contributed by atoms with Crippen molar-refractivity contribution in [2.75, 3.05) is 37.3 Å². The number of hydrogen-bond donors (Lipinski definition) is 0. The van der Waals surface area contributed by atoms with Gasteiger partial charge in [0.05, 0.1) is 11.3 Å². The number of aryl methyl sites for hydroxylation is 1. The lowest BCUT2D eigenvalue weighted by Gasteiger charge is -2.37. The van der Waals surface area contributed by atoms with Gasteiger partial charge in [-0.2, -0.15) is 0 Å². The average Bonchev–Trinajstić information content (AvgIpc) is 2.72. The van der Waals surface area contributed by atoms with Crippen molar-refractivity contribution in [3.05, 3.63) is 46.7 Å². The summed E-state index contributed by atoms with van der Waals surface area (Å²) in [5.41, 5.74) is 2.25. The highest BCUT2D eigenvalue weighted by molar-refractivity contribution is 7.88. The van der Waals surface area contributed by atoms with Crippen LogP contribution in [0.1, 0.15) is 30.9 Å². The van der Waals surface area contributed by atoms with Gasteiger partial charge in [-0.25, -0.2) is 22.7 Å². The summed E-state index contributed by atoms with van der Waals surface area (Å²) in [5.74, 6) is 1.83. The Hall–Kier alpha value is -1.90. The molecule has 31 heavy (non-hydrogen) atoms. The lowest BCUT2D eigenvalue weighted by Crippen LogP contribution is -2.50. The number of ether oxygens (including phenoxy) is 1. The van der Waals surface area contributed by atoms with Crippen LogP contribution in [0.4, 0.5) is 5.95 Å². The van der Waals surface area contributed by atoms with Crippen molar-refractivity contribution in [2.45, 2.75) is 38.7 Å². The fourth-order valence-corrected chi connectivity index (χ4v) is 5.28. The molecule has 0 unspecified atom stereocenters. The zero-order chi connectivity index (χ0) is 22.0. The first kappa shape index (κ1) is 22.3. The second-order valence-corrected chi connectivity index (χ2v) is 10.9. The molecule has 0 aliphatic carbocycles. The molecule has 0 spiro atoms. The molecule has 2 fully saturated rings. The average molecular weight is 465 g/mol. The molecule has 0 radical (unpaired) electrons. The molecule has 0 amide bonds. The number of halogens is 1. The molecule has 2 aliphatic rings. The van der Waals surface area contributed by atoms with Gasteiger partial charge in [-0.05, 0) is 42.0 Å². The zero-order valence-corrected chi connectivity index (χ0v) is 19.6. The highest BCUT2D eigenvalue weighted by Gasteiger charge is 2.33. The summed E-state index contributed by atoms with van der Waals surface area (Å²) in [6.07, 6.45) is 8.70. The number of aromatic nitrogens is 2. The maximum absolute atomic E-state index is 11.5. The van der Waals surface area contributed by atoms with E-state index in [-0.39, 0.29) is 6.10 Å². The van der Waals surface area contributed by atoms with Crippen LogP contribution in [0.15, 0.2) is 30.6 Å². The first-order valence-electron chi connectivity index (χ1n) is 10.8. The quantitative estimate of drug-likeness (QED) is 0.626. The van der Waals surface area contributed by atoms with Crippen molar-refractivity contribution in [3.8, 4) is 5.75 Å². The third kappa shape index (κ3) is 5.48. The van der Waals surface area contributed by atoms with E-state index in [0.717, 1.165) is 55.8 Å². The Bertz CT molecular complexity index is 1000. The van der Waals surface area contributed by atoms with Gasteiger partial charge in [0.2, 0.25) is 16.0 Å². The third-order valence-electron chi connectivity index (χ3n) is 6.03. The third-order valence-corrected chi connectivity index (χ3v) is 7.56. The van der Waals surface area contributed by atoms with Gasteiger partial charge in [0.1, 0.15) is 11.9 Å². The number of benzene rings is 1. The molecule has 0 atom stereocenters. The molecule has 4 rings (SSSR count). The van der Waals surface area contributed by atoms with Gasteiger partial charge < -0.3 is 9.64 Å². The molecule has 1 aromatic heterocycles. The van der Waals surface area contributed by atoms with Gasteiger partial charge in [-0.1, -0.05) is 24.6 Å². The SMILES string of the molecule is CCc1cnc(N2CCC(Oc3ccc(CC4CN(S(C)(=O)=O)C4)cc3Cl)CC2)nc1. The fourth-order valence-electron chi connectivity index (χ4n) is 4.07. The highest BCUT2D eigenvalue weighted by atomic mass is 35.5. The van der Waals surface area contributed by atoms with E-state index in [1.54, 1.807) is 0 Å². The van der Waals surface area contributed by atoms with Crippen LogP contribution in [0.2, 0.25) is 5.02 Å². The first-order valence-corrected chi connectivity index (χ1v) is 13.0. The summed E-state index contributed by atoms with van der Waals surface area (Å²) in [6, 6.07) is 5.91. The number of anilines is 1. The highest BCUT2D eigenvalue weighted by Crippen LogP contribution is 2.31. The number of rotatable bonds is 7. The summed E-state index contributed by atoms with van der Waals surface area (Å²) >= 11 is 6.49. The Kier molecular flexibility index (Phi) is 6.69. The standard InChI is InChI=1S/C22H29ClN4O3S/c1-3-16-12-24-22(25-13-16)26-8-6-19(7-9-26)30-21-5-4-17(11-20(21)23)10-18-14-27(15-18)31(2,28)29/h4-5,11-13,18-19H,3,6-10,14-15H2,1-2H3. The van der Waals surface area contributed by atoms with Crippen LogP contribution in [0.3, 0.4) is 0 Å². The molecular weight excluding hydrogens is 436 g/mol. The lowest BCUT2D eigenvalue weighted by molar-refractivity contribution is 0.170. The van der Waals surface area contributed by atoms with Crippen molar-refractivity contribution >= 4 is 27.6 Å². The van der Waals surface area contributed by atoms with Gasteiger partial charge in [-0.15, -0.1) is 0 Å². The molecule has 168 valence electrons. The molecule has 9 heteroatoms. The number of sulfonamides is 1. The largest absolute Gasteiger partial charge is 0.489 e. The molecule has 7 nitrogen and oxygen atoms in total. The molecule has 0 bridgehead atoms. The molecule has 0 saturated carbocycles. The van der Waals surface area contributed by atoms with E-state index < -0.39 is 10.0 Å². The molecule has 2 aromatic rings. The number of hydrogen-bond acceptors (Lipinski definition) is 6. The van der Waals surface area contributed by atoms with Gasteiger partial charge in [0.15, 0.2) is 0 Å². The Balaban J connectivity index is 1.27. The van der Waals surface area contributed by atoms with Crippen molar-refractivity contribution < 1.29 is 13.2 Å². The van der Waals surface area contributed by atoms with E-state index in [2.05, 4.69) is 21.8 Å². The molecule has 0 N–H and O–H groups in total. The predicted octanol–water partition coefficient (Wildman–Crippen LogP) is 3.17. The van der Waals surface area contributed by atoms with Crippen molar-refractivity contribution in [1.29, 1.82) is 0 Å². The minimum atomic E-state index is -3.07. The summed E-state index contributed by atoms with van der Waals surface area (Å²) in [6.45, 7) is 4.96. The Morgan fingerprint density at radius 1 is 1.13 bits per heavy atom. The van der Waals surface area contributed by atoms with E-state index in [1.807, 2.05) is 30.6 Å². The van der Waals surface area contributed by atoms with Crippen LogP contribution in [0, 0.1) is 5.92 Å². The summed E-state index contributed by atoms with van der Waals surface area (Å²) < 4.78 is 30.7. The van der Waals surface area contributed by atoms with Crippen LogP contribution in [0.5, 0.6) is 5.75 Å². The minimum absolute atomic E-state index is 0.115. The topological polar surface area (TPSA) is 75.6 Å². The van der Waals surface area contributed by atoms with Gasteiger partial charge in [-0.3, -0.25) is 0 Å². The summed E-state index contributed by atoms with van der Waals surface area (Å²) in [4.78, 5) is 11.1. The molecular formula is C22H29ClN4O3S. The van der Waals surface area contributed by atoms with Gasteiger partial charge in [0, 0.05) is 51.4 Å². The van der Waals surface area contributed by atoms with E-state index in [1.165, 1.54) is 10.6 Å². The van der Waals surface area contributed by atoms with Gasteiger partial charge >= 0.3 is 0 Å². The second kappa shape index (κ2) is 9.30. The summed E-state index contributed by atoms with van der Waals surface area (Å²) in [5, 5.41) is 0.609. The summed E-state index contributed by atoms with van der Waals surface area (Å²) in [7, 11) is -3.07. The lowest BCUT2D eigenvalue weighted by atomic mass is 9.94. The fraction of sp³-hybridized carbons (Fsp3) is 0.545. The zero-order valence-electron chi connectivity index (χ0n) is 18.0. The number of nitrogens with zero attached hydrogens (tertiary/aromatic N) is 4. The number of piperidine rings is 1. The van der Waals surface area contributed by atoms with Crippen LogP contribution >= 0.6 is 11.6 Å². The minimum Gasteiger partial charge on any atom is -0.489 e. The van der Waals surface area contributed by atoms with Crippen molar-refractivity contribution in [1.82, 2.24) is 14.3 Å². The molecule has 2 saturated heterocycles. The van der Waals surface area contributed by atoms with Crippen molar-refractivity contribution in [2.24, 2.45) is 5.92 Å². The monoisotopic (exact) mass is 464 g/mol. The molecule has 3 heterocycles. The van der Waals surface area contributed by atoms with Gasteiger partial charge in [0.25, 0.3) is 0 Å².